The summed E-state index contributed by atoms with van der Waals surface area (Å²) in [5.41, 5.74) is -5.38. The maximum absolute atomic E-state index is 14.2. The molecule has 0 heterocycles. The van der Waals surface area contributed by atoms with E-state index in [4.69, 9.17) is 28.1 Å². The van der Waals surface area contributed by atoms with Gasteiger partial charge in [-0.1, -0.05) is 88.4 Å². The second kappa shape index (κ2) is 17.4. The van der Waals surface area contributed by atoms with E-state index < -0.39 is 91.0 Å². The molecule has 4 saturated carbocycles. The lowest BCUT2D eigenvalue weighted by Gasteiger charge is -2.68. The fourth-order valence-corrected chi connectivity index (χ4v) is 17.3. The normalized spacial score (nSPS) is 32.5. The summed E-state index contributed by atoms with van der Waals surface area (Å²) in [6.45, 7) is 12.6. The Morgan fingerprint density at radius 3 is 1.90 bits per heavy atom. The van der Waals surface area contributed by atoms with Crippen molar-refractivity contribution in [3.63, 3.8) is 0 Å². The number of carbonyl (C=O) groups is 4. The molecule has 13 heteroatoms. The summed E-state index contributed by atoms with van der Waals surface area (Å²) in [5, 5.41) is 28.8. The van der Waals surface area contributed by atoms with Gasteiger partial charge < -0.3 is 38.3 Å². The smallest absolute Gasteiger partial charge is 0.338 e. The number of aliphatic hydroxyl groups is 2. The van der Waals surface area contributed by atoms with E-state index in [1.54, 1.807) is 24.3 Å². The van der Waals surface area contributed by atoms with E-state index in [2.05, 4.69) is 52.0 Å². The first kappa shape index (κ1) is 46.4. The zero-order valence-corrected chi connectivity index (χ0v) is 38.9. The van der Waals surface area contributed by atoms with Crippen molar-refractivity contribution < 1.29 is 57.5 Å². The van der Waals surface area contributed by atoms with Crippen LogP contribution in [0.1, 0.15) is 104 Å². The van der Waals surface area contributed by atoms with Gasteiger partial charge in [-0.25, -0.2) is 4.79 Å². The highest BCUT2D eigenvalue weighted by atomic mass is 28.4. The van der Waals surface area contributed by atoms with Crippen LogP contribution in [0.4, 0.5) is 0 Å². The van der Waals surface area contributed by atoms with Gasteiger partial charge in [-0.05, 0) is 83.6 Å². The average molecular weight is 885 g/mol. The van der Waals surface area contributed by atoms with Gasteiger partial charge in [0, 0.05) is 51.6 Å². The monoisotopic (exact) mass is 884 g/mol. The molecule has 3 aromatic rings. The van der Waals surface area contributed by atoms with Crippen LogP contribution in [0.3, 0.4) is 0 Å². The third kappa shape index (κ3) is 8.01. The highest BCUT2D eigenvalue weighted by molar-refractivity contribution is 6.99. The predicted octanol–water partition coefficient (Wildman–Crippen LogP) is 6.31. The number of methoxy groups -OCH3 is 1. The molecule has 3 aromatic carbocycles. The maximum Gasteiger partial charge on any atom is 0.338 e. The number of esters is 4. The highest BCUT2D eigenvalue weighted by Gasteiger charge is 2.77. The fourth-order valence-electron chi connectivity index (χ4n) is 12.7. The van der Waals surface area contributed by atoms with E-state index in [0.717, 1.165) is 10.4 Å². The first-order chi connectivity index (χ1) is 29.7. The first-order valence-corrected chi connectivity index (χ1v) is 24.2. The molecule has 0 aromatic heterocycles. The quantitative estimate of drug-likeness (QED) is 0.119. The van der Waals surface area contributed by atoms with Gasteiger partial charge in [0.2, 0.25) is 0 Å². The lowest BCUT2D eigenvalue weighted by atomic mass is 9.40. The van der Waals surface area contributed by atoms with Crippen LogP contribution in [0.2, 0.25) is 5.04 Å². The van der Waals surface area contributed by atoms with Crippen molar-refractivity contribution in [3.8, 4) is 5.75 Å². The Hall–Kier alpha value is -4.56. The van der Waals surface area contributed by atoms with E-state index in [0.29, 0.717) is 31.6 Å². The Labute approximate surface area is 372 Å². The zero-order valence-electron chi connectivity index (χ0n) is 37.9. The molecule has 340 valence electrons. The van der Waals surface area contributed by atoms with Gasteiger partial charge in [0.05, 0.1) is 29.3 Å². The molecule has 2 N–H and O–H groups in total. The van der Waals surface area contributed by atoms with Crippen molar-refractivity contribution >= 4 is 42.6 Å². The third-order valence-electron chi connectivity index (χ3n) is 15.4. The second-order valence-electron chi connectivity index (χ2n) is 19.7. The van der Waals surface area contributed by atoms with Crippen LogP contribution in [-0.2, 0) is 37.8 Å². The van der Waals surface area contributed by atoms with Crippen molar-refractivity contribution in [3.05, 3.63) is 90.5 Å². The van der Waals surface area contributed by atoms with Crippen molar-refractivity contribution in [2.45, 2.75) is 128 Å². The predicted molar refractivity (Wildman–Crippen MR) is 237 cm³/mol. The topological polar surface area (TPSA) is 164 Å². The lowest BCUT2D eigenvalue weighted by molar-refractivity contribution is -0.319. The van der Waals surface area contributed by atoms with Crippen LogP contribution in [0.25, 0.3) is 0 Å². The van der Waals surface area contributed by atoms with Crippen LogP contribution in [0, 0.1) is 28.6 Å². The number of benzene rings is 3. The summed E-state index contributed by atoms with van der Waals surface area (Å²) in [4.78, 5) is 52.8. The van der Waals surface area contributed by atoms with Crippen LogP contribution in [0.15, 0.2) is 84.9 Å². The molecule has 0 spiro atoms. The standard InChI is InChI=1S/C50H64O12Si/c1-32(51)58-31-49-43(62-45(54)35-19-21-37(57-8)22-20-35)27-38(60-33(2)52)28-48(49,55)25-24-41-44(49)42(61-34(3)53)29-47(7)36(23-26-50(41,47)56)30-59-63(46(4,5)6,39-15-11-9-12-16-39)40-17-13-10-14-18-40/h9-22,36,38,41-44,55-56H,23-31H2,1-8H3/t36-,38+,41-,42-,43-,44-,47-,48+,49-,50+/m1/s1. The second-order valence-corrected chi connectivity index (χ2v) is 24.0. The average Bonchev–Trinajstić information content (AvgIpc) is 3.49. The minimum atomic E-state index is -2.99. The number of fused-ring (bicyclic) bond motifs is 5. The van der Waals surface area contributed by atoms with E-state index in [9.17, 15) is 29.4 Å². The Morgan fingerprint density at radius 2 is 1.37 bits per heavy atom. The minimum Gasteiger partial charge on any atom is -0.497 e. The molecule has 4 aliphatic rings. The molecule has 4 aliphatic carbocycles. The van der Waals surface area contributed by atoms with Gasteiger partial charge in [-0.2, -0.15) is 0 Å². The van der Waals surface area contributed by atoms with Gasteiger partial charge in [0.15, 0.2) is 0 Å². The van der Waals surface area contributed by atoms with Crippen molar-refractivity contribution in [1.29, 1.82) is 0 Å². The maximum atomic E-state index is 14.2. The minimum absolute atomic E-state index is 0.0360. The Bertz CT molecular complexity index is 2100. The van der Waals surface area contributed by atoms with Gasteiger partial charge in [-0.3, -0.25) is 14.4 Å². The van der Waals surface area contributed by atoms with Gasteiger partial charge in [0.25, 0.3) is 8.32 Å². The summed E-state index contributed by atoms with van der Waals surface area (Å²) in [6, 6.07) is 27.2. The lowest BCUT2D eigenvalue weighted by Crippen LogP contribution is -2.76. The number of hydrogen-bond acceptors (Lipinski definition) is 12. The first-order valence-electron chi connectivity index (χ1n) is 22.3. The van der Waals surface area contributed by atoms with Crippen LogP contribution < -0.4 is 15.1 Å². The summed E-state index contributed by atoms with van der Waals surface area (Å²) in [5.74, 6) is -3.57. The van der Waals surface area contributed by atoms with Gasteiger partial charge in [0.1, 0.15) is 30.7 Å². The zero-order chi connectivity index (χ0) is 45.6. The van der Waals surface area contributed by atoms with Crippen molar-refractivity contribution in [2.75, 3.05) is 20.3 Å². The Morgan fingerprint density at radius 1 is 0.762 bits per heavy atom. The molecule has 63 heavy (non-hydrogen) atoms. The summed E-state index contributed by atoms with van der Waals surface area (Å²) in [6.07, 6.45) is -1.46. The molecular weight excluding hydrogens is 821 g/mol. The van der Waals surface area contributed by atoms with E-state index >= 15 is 0 Å². The van der Waals surface area contributed by atoms with Crippen molar-refractivity contribution in [2.24, 2.45) is 28.6 Å². The highest BCUT2D eigenvalue weighted by Crippen LogP contribution is 2.71. The fraction of sp³-hybridized carbons (Fsp3) is 0.560. The molecule has 0 aliphatic heterocycles. The summed E-state index contributed by atoms with van der Waals surface area (Å²) >= 11 is 0. The van der Waals surface area contributed by atoms with Gasteiger partial charge in [-0.15, -0.1) is 0 Å². The molecule has 0 amide bonds. The molecule has 10 atom stereocenters. The van der Waals surface area contributed by atoms with Crippen LogP contribution in [-0.4, -0.2) is 92.2 Å². The summed E-state index contributed by atoms with van der Waals surface area (Å²) in [7, 11) is -1.48. The largest absolute Gasteiger partial charge is 0.497 e. The van der Waals surface area contributed by atoms with Gasteiger partial charge >= 0.3 is 23.9 Å². The Balaban J connectivity index is 1.33. The van der Waals surface area contributed by atoms with E-state index in [-0.39, 0.29) is 42.2 Å². The van der Waals surface area contributed by atoms with Crippen LogP contribution in [0.5, 0.6) is 5.75 Å². The van der Waals surface area contributed by atoms with Crippen LogP contribution >= 0.6 is 0 Å². The number of ether oxygens (including phenoxy) is 5. The SMILES string of the molecule is COc1ccc(C(=O)O[C@@H]2C[C@H](OC(C)=O)C[C@@]3(O)CC[C@@H]4[C@H]([C@H](OC(C)=O)C[C@]5(C)[C@@H](CO[Si](c6ccccc6)(c6ccccc6)C(C)(C)C)CC[C@]45O)[C@@]23COC(C)=O)cc1. The molecular formula is C50H64O12Si. The molecule has 7 rings (SSSR count). The van der Waals surface area contributed by atoms with Crippen molar-refractivity contribution in [1.82, 2.24) is 0 Å². The molecule has 12 nitrogen and oxygen atoms in total. The number of carbonyl (C=O) groups excluding carboxylic acids is 4. The van der Waals surface area contributed by atoms with E-state index in [1.807, 2.05) is 36.4 Å². The van der Waals surface area contributed by atoms with E-state index in [1.165, 1.54) is 27.9 Å². The Kier molecular flexibility index (Phi) is 12.8. The molecule has 0 unspecified atom stereocenters. The molecule has 0 bridgehead atoms. The third-order valence-corrected chi connectivity index (χ3v) is 20.4. The summed E-state index contributed by atoms with van der Waals surface area (Å²) < 4.78 is 37.3. The molecule has 0 radical (unpaired) electrons. The molecule has 0 saturated heterocycles. The number of hydrogen-bond donors (Lipinski definition) is 2. The number of rotatable bonds is 12. The molecule has 4 fully saturated rings.